The van der Waals surface area contributed by atoms with Crippen molar-refractivity contribution >= 4 is 17.7 Å². The van der Waals surface area contributed by atoms with Gasteiger partial charge >= 0.3 is 6.09 Å². The lowest BCUT2D eigenvalue weighted by atomic mass is 9.86. The number of hydrogen-bond donors (Lipinski definition) is 0. The van der Waals surface area contributed by atoms with Crippen molar-refractivity contribution in [2.24, 2.45) is 0 Å². The SMILES string of the molecule is COc1cc(OC)c(F)c(N2Cc3cnc(-c4cnn(C5CN(C(=O)OC(C)(C)C)C5)c4)cc3C3(CC3)C2=O)c1F. The number of aromatic nitrogens is 3. The molecule has 1 saturated carbocycles. The molecule has 1 spiro atoms. The Balaban J connectivity index is 1.25. The van der Waals surface area contributed by atoms with Crippen LogP contribution in [0.4, 0.5) is 19.3 Å². The highest BCUT2D eigenvalue weighted by Gasteiger charge is 2.57. The summed E-state index contributed by atoms with van der Waals surface area (Å²) in [4.78, 5) is 33.4. The Kier molecular flexibility index (Phi) is 6.20. The van der Waals surface area contributed by atoms with Crippen LogP contribution in [-0.4, -0.2) is 64.6 Å². The predicted molar refractivity (Wildman–Crippen MR) is 144 cm³/mol. The number of benzene rings is 1. The first-order valence-corrected chi connectivity index (χ1v) is 13.4. The van der Waals surface area contributed by atoms with Crippen LogP contribution in [-0.2, 0) is 21.5 Å². The van der Waals surface area contributed by atoms with E-state index in [2.05, 4.69) is 10.1 Å². The van der Waals surface area contributed by atoms with Gasteiger partial charge in [-0.25, -0.2) is 13.6 Å². The molecule has 1 saturated heterocycles. The number of nitrogens with zero attached hydrogens (tertiary/aromatic N) is 5. The minimum absolute atomic E-state index is 0.0171. The second kappa shape index (κ2) is 9.42. The molecule has 2 aromatic heterocycles. The predicted octanol–water partition coefficient (Wildman–Crippen LogP) is 4.61. The van der Waals surface area contributed by atoms with Crippen molar-refractivity contribution < 1.29 is 32.6 Å². The van der Waals surface area contributed by atoms with Crippen molar-refractivity contribution in [3.8, 4) is 22.8 Å². The van der Waals surface area contributed by atoms with Gasteiger partial charge in [0.05, 0.1) is 44.1 Å². The molecule has 2 fully saturated rings. The van der Waals surface area contributed by atoms with Gasteiger partial charge in [-0.2, -0.15) is 5.10 Å². The molecule has 0 bridgehead atoms. The molecule has 0 radical (unpaired) electrons. The molecule has 1 aromatic carbocycles. The molecule has 12 heteroatoms. The third-order valence-corrected chi connectivity index (χ3v) is 7.84. The highest BCUT2D eigenvalue weighted by atomic mass is 19.1. The van der Waals surface area contributed by atoms with Gasteiger partial charge in [-0.05, 0) is 50.8 Å². The van der Waals surface area contributed by atoms with Gasteiger partial charge in [0.1, 0.15) is 11.3 Å². The number of rotatable bonds is 5. The van der Waals surface area contributed by atoms with Crippen LogP contribution >= 0.6 is 0 Å². The Labute approximate surface area is 235 Å². The van der Waals surface area contributed by atoms with Gasteiger partial charge in [0, 0.05) is 37.1 Å². The second-order valence-corrected chi connectivity index (χ2v) is 11.7. The summed E-state index contributed by atoms with van der Waals surface area (Å²) in [7, 11) is 2.54. The van der Waals surface area contributed by atoms with Crippen molar-refractivity contribution in [3.63, 3.8) is 0 Å². The Bertz CT molecular complexity index is 1530. The van der Waals surface area contributed by atoms with Gasteiger partial charge in [-0.3, -0.25) is 14.5 Å². The Hall–Kier alpha value is -4.22. The number of methoxy groups -OCH3 is 2. The lowest BCUT2D eigenvalue weighted by Crippen LogP contribution is -2.52. The fraction of sp³-hybridized carbons (Fsp3) is 0.448. The second-order valence-electron chi connectivity index (χ2n) is 11.7. The lowest BCUT2D eigenvalue weighted by molar-refractivity contribution is -0.121. The minimum Gasteiger partial charge on any atom is -0.493 e. The number of hydrogen-bond acceptors (Lipinski definition) is 7. The van der Waals surface area contributed by atoms with Gasteiger partial charge in [0.2, 0.25) is 5.91 Å². The van der Waals surface area contributed by atoms with E-state index < -0.39 is 28.3 Å². The standard InChI is InChI=1S/C29H31F2N5O5/c1-28(2,3)41-27(38)34-14-18(15-34)36-13-17(11-33-36)20-8-19-16(10-32-20)12-35(26(37)29(19)6-7-29)25-23(30)21(39-4)9-22(40-5)24(25)31/h8-11,13,18H,6-7,12,14-15H2,1-5H3. The minimum atomic E-state index is -0.961. The van der Waals surface area contributed by atoms with Crippen LogP contribution in [0.25, 0.3) is 11.3 Å². The number of anilines is 1. The summed E-state index contributed by atoms with van der Waals surface area (Å²) in [6.45, 7) is 6.42. The van der Waals surface area contributed by atoms with Crippen molar-refractivity contribution in [1.29, 1.82) is 0 Å². The highest BCUT2D eigenvalue weighted by molar-refractivity contribution is 6.05. The molecule has 2 amide bonds. The molecular weight excluding hydrogens is 536 g/mol. The van der Waals surface area contributed by atoms with Crippen LogP contribution in [0.2, 0.25) is 0 Å². The van der Waals surface area contributed by atoms with Crippen LogP contribution in [0.1, 0.15) is 50.8 Å². The summed E-state index contributed by atoms with van der Waals surface area (Å²) < 4.78 is 48.0. The first kappa shape index (κ1) is 27.0. The molecule has 41 heavy (non-hydrogen) atoms. The number of carbonyl (C=O) groups is 2. The van der Waals surface area contributed by atoms with E-state index >= 15 is 8.78 Å². The molecule has 2 aliphatic heterocycles. The zero-order chi connectivity index (χ0) is 29.3. The van der Waals surface area contributed by atoms with E-state index in [9.17, 15) is 9.59 Å². The van der Waals surface area contributed by atoms with E-state index in [1.54, 1.807) is 22.0 Å². The first-order chi connectivity index (χ1) is 19.5. The summed E-state index contributed by atoms with van der Waals surface area (Å²) >= 11 is 0. The molecule has 1 aliphatic carbocycles. The number of likely N-dealkylation sites (tertiary alicyclic amines) is 1. The first-order valence-electron chi connectivity index (χ1n) is 13.4. The van der Waals surface area contributed by atoms with Gasteiger partial charge in [-0.1, -0.05) is 0 Å². The normalized spacial score (nSPS) is 17.8. The smallest absolute Gasteiger partial charge is 0.410 e. The number of ether oxygens (including phenoxy) is 3. The van der Waals surface area contributed by atoms with Crippen molar-refractivity contribution in [2.45, 2.75) is 57.2 Å². The van der Waals surface area contributed by atoms with E-state index in [4.69, 9.17) is 14.2 Å². The molecule has 0 N–H and O–H groups in total. The number of carbonyl (C=O) groups excluding carboxylic acids is 2. The fourth-order valence-electron chi connectivity index (χ4n) is 5.50. The van der Waals surface area contributed by atoms with Crippen LogP contribution in [0, 0.1) is 11.6 Å². The Morgan fingerprint density at radius 1 is 1.05 bits per heavy atom. The highest BCUT2D eigenvalue weighted by Crippen LogP contribution is 2.55. The van der Waals surface area contributed by atoms with Crippen LogP contribution in [0.5, 0.6) is 11.5 Å². The van der Waals surface area contributed by atoms with Gasteiger partial charge in [-0.15, -0.1) is 0 Å². The summed E-state index contributed by atoms with van der Waals surface area (Å²) in [5.41, 5.74) is 1.01. The van der Waals surface area contributed by atoms with Crippen LogP contribution in [0.15, 0.2) is 30.7 Å². The fourth-order valence-corrected chi connectivity index (χ4v) is 5.50. The van der Waals surface area contributed by atoms with Gasteiger partial charge < -0.3 is 24.0 Å². The Morgan fingerprint density at radius 2 is 1.71 bits per heavy atom. The maximum Gasteiger partial charge on any atom is 0.410 e. The van der Waals surface area contributed by atoms with Crippen molar-refractivity contribution in [3.05, 3.63) is 53.5 Å². The maximum absolute atomic E-state index is 15.3. The zero-order valence-electron chi connectivity index (χ0n) is 23.5. The molecule has 4 heterocycles. The molecule has 0 unspecified atom stereocenters. The third kappa shape index (κ3) is 4.45. The molecular formula is C29H31F2N5O5. The van der Waals surface area contributed by atoms with E-state index in [1.165, 1.54) is 14.2 Å². The Morgan fingerprint density at radius 3 is 2.29 bits per heavy atom. The average Bonchev–Trinajstić information content (AvgIpc) is 3.55. The molecule has 6 rings (SSSR count). The monoisotopic (exact) mass is 567 g/mol. The van der Waals surface area contributed by atoms with Gasteiger partial charge in [0.25, 0.3) is 0 Å². The maximum atomic E-state index is 15.3. The van der Waals surface area contributed by atoms with Crippen LogP contribution in [0.3, 0.4) is 0 Å². The topological polar surface area (TPSA) is 99.0 Å². The molecule has 3 aromatic rings. The van der Waals surface area contributed by atoms with E-state index in [-0.39, 0.29) is 36.1 Å². The number of fused-ring (bicyclic) bond motifs is 2. The largest absolute Gasteiger partial charge is 0.493 e. The summed E-state index contributed by atoms with van der Waals surface area (Å²) in [5.74, 6) is -2.73. The summed E-state index contributed by atoms with van der Waals surface area (Å²) in [6, 6.07) is 3.02. The zero-order valence-corrected chi connectivity index (χ0v) is 23.5. The third-order valence-electron chi connectivity index (χ3n) is 7.84. The van der Waals surface area contributed by atoms with Crippen LogP contribution < -0.4 is 14.4 Å². The van der Waals surface area contributed by atoms with E-state index in [1.807, 2.05) is 33.0 Å². The molecule has 3 aliphatic rings. The summed E-state index contributed by atoms with van der Waals surface area (Å²) in [6.07, 6.45) is 6.00. The van der Waals surface area contributed by atoms with Crippen molar-refractivity contribution in [2.75, 3.05) is 32.2 Å². The van der Waals surface area contributed by atoms with Gasteiger partial charge in [0.15, 0.2) is 23.1 Å². The number of pyridine rings is 1. The molecule has 0 atom stereocenters. The van der Waals surface area contributed by atoms with E-state index in [0.29, 0.717) is 37.2 Å². The number of halogens is 2. The van der Waals surface area contributed by atoms with Crippen molar-refractivity contribution in [1.82, 2.24) is 19.7 Å². The molecule has 10 nitrogen and oxygen atoms in total. The lowest BCUT2D eigenvalue weighted by Gasteiger charge is -2.39. The average molecular weight is 568 g/mol. The quantitative estimate of drug-likeness (QED) is 0.444. The van der Waals surface area contributed by atoms with E-state index in [0.717, 1.165) is 22.1 Å². The number of amides is 2. The summed E-state index contributed by atoms with van der Waals surface area (Å²) in [5, 5.41) is 4.48. The molecule has 216 valence electrons.